The van der Waals surface area contributed by atoms with Crippen molar-refractivity contribution in [2.45, 2.75) is 42.3 Å². The van der Waals surface area contributed by atoms with Crippen LogP contribution in [0.25, 0.3) is 0 Å². The molecule has 1 aliphatic heterocycles. The minimum Gasteiger partial charge on any atom is -0.466 e. The number of alkyl halides is 1. The number of esters is 2. The second kappa shape index (κ2) is 12.3. The van der Waals surface area contributed by atoms with Crippen LogP contribution in [0.5, 0.6) is 0 Å². The zero-order valence-electron chi connectivity index (χ0n) is 19.9. The van der Waals surface area contributed by atoms with Gasteiger partial charge in [0.25, 0.3) is 0 Å². The molecule has 0 saturated heterocycles. The van der Waals surface area contributed by atoms with Gasteiger partial charge in [-0.15, -0.1) is 11.8 Å². The number of hydrogen-bond acceptors (Lipinski definition) is 6. The molecule has 34 heavy (non-hydrogen) atoms. The monoisotopic (exact) mass is 543 g/mol. The van der Waals surface area contributed by atoms with Crippen molar-refractivity contribution in [2.24, 2.45) is 0 Å². The van der Waals surface area contributed by atoms with E-state index in [4.69, 9.17) is 9.47 Å². The number of benzene rings is 2. The summed E-state index contributed by atoms with van der Waals surface area (Å²) < 4.78 is 10.6. The van der Waals surface area contributed by atoms with Gasteiger partial charge in [0.2, 0.25) is 0 Å². The highest BCUT2D eigenvalue weighted by Crippen LogP contribution is 2.42. The van der Waals surface area contributed by atoms with E-state index in [1.807, 2.05) is 55.6 Å². The highest BCUT2D eigenvalue weighted by Gasteiger charge is 2.38. The molecule has 0 aromatic heterocycles. The van der Waals surface area contributed by atoms with E-state index >= 15 is 0 Å². The SMILES string of the molecule is CCOC(=O)C1=C(CCC(Br)c2ccccc2)NC(C)=C(C(=O)OC)C1c1cccc(SC)c1. The number of nitrogens with one attached hydrogen (secondary N) is 1. The van der Waals surface area contributed by atoms with Crippen molar-refractivity contribution in [3.8, 4) is 0 Å². The molecule has 2 unspecified atom stereocenters. The Kier molecular flexibility index (Phi) is 9.42. The van der Waals surface area contributed by atoms with Crippen LogP contribution in [-0.2, 0) is 19.1 Å². The van der Waals surface area contributed by atoms with Crippen LogP contribution in [0.3, 0.4) is 0 Å². The van der Waals surface area contributed by atoms with Gasteiger partial charge in [-0.1, -0.05) is 58.4 Å². The molecule has 1 N–H and O–H groups in total. The first-order valence-electron chi connectivity index (χ1n) is 11.2. The van der Waals surface area contributed by atoms with Gasteiger partial charge in [0.15, 0.2) is 0 Å². The topological polar surface area (TPSA) is 64.6 Å². The molecule has 0 fully saturated rings. The van der Waals surface area contributed by atoms with E-state index in [-0.39, 0.29) is 11.4 Å². The zero-order chi connectivity index (χ0) is 24.7. The summed E-state index contributed by atoms with van der Waals surface area (Å²) in [5, 5.41) is 3.34. The molecular formula is C27H30BrNO4S. The second-order valence-electron chi connectivity index (χ2n) is 7.89. The number of ether oxygens (including phenoxy) is 2. The summed E-state index contributed by atoms with van der Waals surface area (Å²) in [4.78, 5) is 27.4. The van der Waals surface area contributed by atoms with E-state index in [9.17, 15) is 9.59 Å². The maximum absolute atomic E-state index is 13.3. The molecular weight excluding hydrogens is 514 g/mol. The van der Waals surface area contributed by atoms with Gasteiger partial charge >= 0.3 is 11.9 Å². The van der Waals surface area contributed by atoms with Crippen LogP contribution in [0.15, 0.2) is 82.0 Å². The van der Waals surface area contributed by atoms with E-state index in [0.29, 0.717) is 23.3 Å². The average Bonchev–Trinajstić information content (AvgIpc) is 2.86. The molecule has 0 aliphatic carbocycles. The first-order valence-corrected chi connectivity index (χ1v) is 13.3. The van der Waals surface area contributed by atoms with Crippen LogP contribution in [0.2, 0.25) is 0 Å². The lowest BCUT2D eigenvalue weighted by atomic mass is 9.79. The largest absolute Gasteiger partial charge is 0.466 e. The Morgan fingerprint density at radius 1 is 1.09 bits per heavy atom. The third kappa shape index (κ3) is 5.94. The molecule has 0 spiro atoms. The molecule has 2 aromatic carbocycles. The van der Waals surface area contributed by atoms with E-state index in [1.54, 1.807) is 18.7 Å². The van der Waals surface area contributed by atoms with Crippen molar-refractivity contribution in [1.82, 2.24) is 5.32 Å². The Balaban J connectivity index is 2.09. The summed E-state index contributed by atoms with van der Waals surface area (Å²) in [5.41, 5.74) is 4.35. The lowest BCUT2D eigenvalue weighted by Crippen LogP contribution is -2.33. The highest BCUT2D eigenvalue weighted by atomic mass is 79.9. The van der Waals surface area contributed by atoms with Gasteiger partial charge in [0.1, 0.15) is 0 Å². The van der Waals surface area contributed by atoms with Crippen molar-refractivity contribution in [1.29, 1.82) is 0 Å². The second-order valence-corrected chi connectivity index (χ2v) is 9.88. The van der Waals surface area contributed by atoms with E-state index in [0.717, 1.165) is 22.6 Å². The minimum atomic E-state index is -0.583. The number of rotatable bonds is 9. The van der Waals surface area contributed by atoms with E-state index < -0.39 is 17.9 Å². The summed E-state index contributed by atoms with van der Waals surface area (Å²) in [6, 6.07) is 18.1. The molecule has 2 aromatic rings. The molecule has 1 aliphatic rings. The van der Waals surface area contributed by atoms with E-state index in [1.165, 1.54) is 12.7 Å². The zero-order valence-corrected chi connectivity index (χ0v) is 22.3. The summed E-state index contributed by atoms with van der Waals surface area (Å²) in [7, 11) is 1.36. The number of thioether (sulfide) groups is 1. The Bertz CT molecular complexity index is 1100. The lowest BCUT2D eigenvalue weighted by Gasteiger charge is -2.32. The fourth-order valence-corrected chi connectivity index (χ4v) is 5.18. The highest BCUT2D eigenvalue weighted by molar-refractivity contribution is 9.09. The molecule has 0 bridgehead atoms. The molecule has 180 valence electrons. The first-order chi connectivity index (χ1) is 16.4. The van der Waals surface area contributed by atoms with Crippen LogP contribution in [0.4, 0.5) is 0 Å². The fourth-order valence-electron chi connectivity index (χ4n) is 4.18. The van der Waals surface area contributed by atoms with Gasteiger partial charge in [-0.2, -0.15) is 0 Å². The molecule has 0 saturated carbocycles. The predicted molar refractivity (Wildman–Crippen MR) is 140 cm³/mol. The standard InChI is InChI=1S/C27H30BrNO4S/c1-5-33-27(31)25-22(15-14-21(28)18-10-7-6-8-11-18)29-17(2)23(26(30)32-3)24(25)19-12-9-13-20(16-19)34-4/h6-13,16,21,24,29H,5,14-15H2,1-4H3. The maximum Gasteiger partial charge on any atom is 0.336 e. The van der Waals surface area contributed by atoms with Crippen molar-refractivity contribution in [3.63, 3.8) is 0 Å². The summed E-state index contributed by atoms with van der Waals surface area (Å²) >= 11 is 5.39. The average molecular weight is 545 g/mol. The Morgan fingerprint density at radius 3 is 2.47 bits per heavy atom. The molecule has 1 heterocycles. The number of methoxy groups -OCH3 is 1. The van der Waals surface area contributed by atoms with E-state index in [2.05, 4.69) is 33.4 Å². The molecule has 0 amide bonds. The Hall–Kier alpha value is -2.51. The van der Waals surface area contributed by atoms with Gasteiger partial charge in [-0.05, 0) is 56.2 Å². The third-order valence-electron chi connectivity index (χ3n) is 5.78. The van der Waals surface area contributed by atoms with Gasteiger partial charge in [0.05, 0.1) is 30.8 Å². The fraction of sp³-hybridized carbons (Fsp3) is 0.333. The van der Waals surface area contributed by atoms with Gasteiger partial charge in [-0.25, -0.2) is 9.59 Å². The molecule has 0 radical (unpaired) electrons. The summed E-state index contributed by atoms with van der Waals surface area (Å²) in [6.07, 6.45) is 3.36. The van der Waals surface area contributed by atoms with Crippen LogP contribution in [0, 0.1) is 0 Å². The number of allylic oxidation sites excluding steroid dienone is 2. The molecule has 7 heteroatoms. The number of dihydropyridines is 1. The summed E-state index contributed by atoms with van der Waals surface area (Å²) in [5.74, 6) is -1.47. The minimum absolute atomic E-state index is 0.121. The lowest BCUT2D eigenvalue weighted by molar-refractivity contribution is -0.139. The molecule has 2 atom stereocenters. The Morgan fingerprint density at radius 2 is 1.82 bits per heavy atom. The smallest absolute Gasteiger partial charge is 0.336 e. The number of halogens is 1. The molecule has 5 nitrogen and oxygen atoms in total. The summed E-state index contributed by atoms with van der Waals surface area (Å²) in [6.45, 7) is 3.88. The van der Waals surface area contributed by atoms with Gasteiger partial charge in [0, 0.05) is 21.1 Å². The number of carbonyl (C=O) groups excluding carboxylic acids is 2. The molecule has 3 rings (SSSR count). The van der Waals surface area contributed by atoms with Crippen molar-refractivity contribution in [2.75, 3.05) is 20.0 Å². The van der Waals surface area contributed by atoms with Crippen LogP contribution in [0.1, 0.15) is 48.6 Å². The van der Waals surface area contributed by atoms with Crippen LogP contribution >= 0.6 is 27.7 Å². The maximum atomic E-state index is 13.3. The number of carbonyl (C=O) groups is 2. The van der Waals surface area contributed by atoms with Crippen molar-refractivity contribution < 1.29 is 19.1 Å². The normalized spacial score (nSPS) is 16.7. The van der Waals surface area contributed by atoms with Crippen LogP contribution in [-0.4, -0.2) is 31.9 Å². The van der Waals surface area contributed by atoms with Crippen LogP contribution < -0.4 is 5.32 Å². The quantitative estimate of drug-likeness (QED) is 0.228. The predicted octanol–water partition coefficient (Wildman–Crippen LogP) is 6.28. The third-order valence-corrected chi connectivity index (χ3v) is 7.49. The van der Waals surface area contributed by atoms with Gasteiger partial charge in [-0.3, -0.25) is 0 Å². The van der Waals surface area contributed by atoms with Gasteiger partial charge < -0.3 is 14.8 Å². The van der Waals surface area contributed by atoms with Crippen molar-refractivity contribution in [3.05, 3.63) is 88.3 Å². The Labute approximate surface area is 214 Å². The van der Waals surface area contributed by atoms with Crippen molar-refractivity contribution >= 4 is 39.6 Å². The first kappa shape index (κ1) is 26.1. The number of hydrogen-bond donors (Lipinski definition) is 1.